The molecule has 1 aromatic heterocycles. The SMILES string of the molecule is Cc1nn(C)cc1CNCc1ccc(C(C)C(=O)O)cc1. The van der Waals surface area contributed by atoms with E-state index in [0.29, 0.717) is 0 Å². The standard InChI is InChI=1S/C16H21N3O2/c1-11(16(20)21)14-6-4-13(5-7-14)8-17-9-15-10-19(3)18-12(15)2/h4-7,10-11,17H,8-9H2,1-3H3,(H,20,21). The largest absolute Gasteiger partial charge is 0.481 e. The van der Waals surface area contributed by atoms with Gasteiger partial charge in [0.2, 0.25) is 0 Å². The van der Waals surface area contributed by atoms with Crippen molar-refractivity contribution in [2.45, 2.75) is 32.9 Å². The lowest BCUT2D eigenvalue weighted by Gasteiger charge is -2.08. The summed E-state index contributed by atoms with van der Waals surface area (Å²) in [6.07, 6.45) is 2.01. The van der Waals surface area contributed by atoms with Crippen LogP contribution in [0.2, 0.25) is 0 Å². The lowest BCUT2D eigenvalue weighted by atomic mass is 10.00. The number of carboxylic acids is 1. The fraction of sp³-hybridized carbons (Fsp3) is 0.375. The number of nitrogens with one attached hydrogen (secondary N) is 1. The van der Waals surface area contributed by atoms with Crippen LogP contribution in [0.3, 0.4) is 0 Å². The summed E-state index contributed by atoms with van der Waals surface area (Å²) in [5.74, 6) is -1.27. The molecule has 0 aliphatic rings. The Morgan fingerprint density at radius 3 is 2.52 bits per heavy atom. The molecular formula is C16H21N3O2. The van der Waals surface area contributed by atoms with Gasteiger partial charge in [-0.3, -0.25) is 9.48 Å². The van der Waals surface area contributed by atoms with Gasteiger partial charge in [-0.05, 0) is 25.0 Å². The summed E-state index contributed by atoms with van der Waals surface area (Å²) in [6, 6.07) is 7.70. The minimum atomic E-state index is -0.798. The number of carboxylic acid groups (broad SMARTS) is 1. The van der Waals surface area contributed by atoms with Crippen molar-refractivity contribution in [1.29, 1.82) is 0 Å². The van der Waals surface area contributed by atoms with Gasteiger partial charge in [0.05, 0.1) is 11.6 Å². The maximum atomic E-state index is 10.9. The molecule has 5 nitrogen and oxygen atoms in total. The highest BCUT2D eigenvalue weighted by Crippen LogP contribution is 2.16. The third-order valence-electron chi connectivity index (χ3n) is 3.61. The molecule has 1 atom stereocenters. The molecule has 1 aromatic carbocycles. The van der Waals surface area contributed by atoms with Crippen LogP contribution in [0.4, 0.5) is 0 Å². The van der Waals surface area contributed by atoms with Gasteiger partial charge in [0.15, 0.2) is 0 Å². The van der Waals surface area contributed by atoms with Gasteiger partial charge >= 0.3 is 5.97 Å². The first-order valence-electron chi connectivity index (χ1n) is 6.99. The van der Waals surface area contributed by atoms with Crippen LogP contribution < -0.4 is 5.32 Å². The molecule has 0 fully saturated rings. The number of nitrogens with zero attached hydrogens (tertiary/aromatic N) is 2. The molecule has 2 N–H and O–H groups in total. The second kappa shape index (κ2) is 6.54. The molecule has 0 saturated heterocycles. The van der Waals surface area contributed by atoms with Crippen molar-refractivity contribution in [1.82, 2.24) is 15.1 Å². The van der Waals surface area contributed by atoms with Crippen molar-refractivity contribution in [2.75, 3.05) is 0 Å². The zero-order chi connectivity index (χ0) is 15.4. The molecular weight excluding hydrogens is 266 g/mol. The van der Waals surface area contributed by atoms with Crippen LogP contribution in [-0.4, -0.2) is 20.9 Å². The van der Waals surface area contributed by atoms with Crippen LogP contribution in [0.1, 0.15) is 35.2 Å². The Balaban J connectivity index is 1.89. The van der Waals surface area contributed by atoms with E-state index >= 15 is 0 Å². The van der Waals surface area contributed by atoms with Crippen molar-refractivity contribution in [3.63, 3.8) is 0 Å². The Bertz CT molecular complexity index is 617. The molecule has 112 valence electrons. The first-order chi connectivity index (χ1) is 9.97. The monoisotopic (exact) mass is 287 g/mol. The number of carbonyl (C=O) groups is 1. The Morgan fingerprint density at radius 2 is 2.00 bits per heavy atom. The van der Waals surface area contributed by atoms with Gasteiger partial charge in [-0.1, -0.05) is 24.3 Å². The molecule has 0 radical (unpaired) electrons. The van der Waals surface area contributed by atoms with E-state index in [1.54, 1.807) is 6.92 Å². The molecule has 0 aliphatic heterocycles. The Morgan fingerprint density at radius 1 is 1.33 bits per heavy atom. The molecule has 0 aliphatic carbocycles. The molecule has 0 saturated carbocycles. The number of rotatable bonds is 6. The molecule has 2 aromatic rings. The van der Waals surface area contributed by atoms with Crippen molar-refractivity contribution in [2.24, 2.45) is 7.05 Å². The van der Waals surface area contributed by atoms with Gasteiger partial charge < -0.3 is 10.4 Å². The molecule has 0 bridgehead atoms. The molecule has 5 heteroatoms. The van der Waals surface area contributed by atoms with Crippen LogP contribution in [0, 0.1) is 6.92 Å². The summed E-state index contributed by atoms with van der Waals surface area (Å²) in [6.45, 7) is 5.21. The summed E-state index contributed by atoms with van der Waals surface area (Å²) >= 11 is 0. The summed E-state index contributed by atoms with van der Waals surface area (Å²) in [4.78, 5) is 10.9. The summed E-state index contributed by atoms with van der Waals surface area (Å²) in [7, 11) is 1.92. The van der Waals surface area contributed by atoms with E-state index in [1.807, 2.05) is 49.1 Å². The van der Waals surface area contributed by atoms with E-state index < -0.39 is 11.9 Å². The fourth-order valence-corrected chi connectivity index (χ4v) is 2.23. The second-order valence-electron chi connectivity index (χ2n) is 5.32. The van der Waals surface area contributed by atoms with E-state index in [9.17, 15) is 4.79 Å². The van der Waals surface area contributed by atoms with E-state index in [2.05, 4.69) is 10.4 Å². The molecule has 1 unspecified atom stereocenters. The van der Waals surface area contributed by atoms with Gasteiger partial charge in [-0.25, -0.2) is 0 Å². The summed E-state index contributed by atoms with van der Waals surface area (Å²) in [5, 5.41) is 16.7. The predicted molar refractivity (Wildman–Crippen MR) is 81.0 cm³/mol. The van der Waals surface area contributed by atoms with Crippen LogP contribution in [0.5, 0.6) is 0 Å². The maximum Gasteiger partial charge on any atom is 0.310 e. The highest BCUT2D eigenvalue weighted by molar-refractivity contribution is 5.75. The number of hydrogen-bond donors (Lipinski definition) is 2. The topological polar surface area (TPSA) is 67.2 Å². The summed E-state index contributed by atoms with van der Waals surface area (Å²) < 4.78 is 1.81. The van der Waals surface area contributed by atoms with Crippen LogP contribution in [-0.2, 0) is 24.9 Å². The first-order valence-corrected chi connectivity index (χ1v) is 6.99. The minimum absolute atomic E-state index is 0.468. The number of aryl methyl sites for hydroxylation is 2. The average molecular weight is 287 g/mol. The minimum Gasteiger partial charge on any atom is -0.481 e. The number of aliphatic carboxylic acids is 1. The zero-order valence-electron chi connectivity index (χ0n) is 12.6. The predicted octanol–water partition coefficient (Wildman–Crippen LogP) is 2.21. The summed E-state index contributed by atoms with van der Waals surface area (Å²) in [5.41, 5.74) is 4.19. The number of hydrogen-bond acceptors (Lipinski definition) is 3. The normalized spacial score (nSPS) is 12.3. The van der Waals surface area contributed by atoms with Gasteiger partial charge in [0.1, 0.15) is 0 Å². The third kappa shape index (κ3) is 3.92. The van der Waals surface area contributed by atoms with E-state index in [-0.39, 0.29) is 0 Å². The maximum absolute atomic E-state index is 10.9. The van der Waals surface area contributed by atoms with Gasteiger partial charge in [-0.15, -0.1) is 0 Å². The Kier molecular flexibility index (Phi) is 4.75. The Hall–Kier alpha value is -2.14. The lowest BCUT2D eigenvalue weighted by molar-refractivity contribution is -0.138. The zero-order valence-corrected chi connectivity index (χ0v) is 12.6. The Labute approximate surface area is 124 Å². The highest BCUT2D eigenvalue weighted by atomic mass is 16.4. The van der Waals surface area contributed by atoms with Crippen molar-refractivity contribution in [3.8, 4) is 0 Å². The van der Waals surface area contributed by atoms with Gasteiger partial charge in [0.25, 0.3) is 0 Å². The molecule has 0 amide bonds. The van der Waals surface area contributed by atoms with Crippen molar-refractivity contribution >= 4 is 5.97 Å². The number of benzene rings is 1. The molecule has 1 heterocycles. The van der Waals surface area contributed by atoms with Crippen molar-refractivity contribution < 1.29 is 9.90 Å². The molecule has 21 heavy (non-hydrogen) atoms. The van der Waals surface area contributed by atoms with Gasteiger partial charge in [-0.2, -0.15) is 5.10 Å². The third-order valence-corrected chi connectivity index (χ3v) is 3.61. The van der Waals surface area contributed by atoms with Crippen LogP contribution in [0.15, 0.2) is 30.5 Å². The van der Waals surface area contributed by atoms with E-state index in [0.717, 1.165) is 29.9 Å². The van der Waals surface area contributed by atoms with E-state index in [1.165, 1.54) is 5.56 Å². The van der Waals surface area contributed by atoms with Crippen LogP contribution >= 0.6 is 0 Å². The molecule has 0 spiro atoms. The lowest BCUT2D eigenvalue weighted by Crippen LogP contribution is -2.13. The van der Waals surface area contributed by atoms with E-state index in [4.69, 9.17) is 5.11 Å². The quantitative estimate of drug-likeness (QED) is 0.855. The van der Waals surface area contributed by atoms with Crippen LogP contribution in [0.25, 0.3) is 0 Å². The number of aromatic nitrogens is 2. The average Bonchev–Trinajstić information content (AvgIpc) is 2.77. The fourth-order valence-electron chi connectivity index (χ4n) is 2.23. The first kappa shape index (κ1) is 15.3. The van der Waals surface area contributed by atoms with Crippen molar-refractivity contribution in [3.05, 3.63) is 52.8 Å². The molecule has 2 rings (SSSR count). The smallest absolute Gasteiger partial charge is 0.310 e. The second-order valence-corrected chi connectivity index (χ2v) is 5.32. The van der Waals surface area contributed by atoms with Gasteiger partial charge in [0, 0.05) is 31.9 Å². The highest BCUT2D eigenvalue weighted by Gasteiger charge is 2.12.